The van der Waals surface area contributed by atoms with Gasteiger partial charge in [0.1, 0.15) is 5.58 Å². The first-order valence-electron chi connectivity index (χ1n) is 19.0. The highest BCUT2D eigenvalue weighted by Crippen LogP contribution is 2.56. The molecule has 0 saturated heterocycles. The molecule has 0 spiro atoms. The maximum atomic E-state index is 6.83. The van der Waals surface area contributed by atoms with Gasteiger partial charge in [-0.2, -0.15) is 0 Å². The second kappa shape index (κ2) is 10.5. The molecule has 0 bridgehead atoms. The molecule has 4 heterocycles. The molecule has 8 aromatic carbocycles. The van der Waals surface area contributed by atoms with Gasteiger partial charge in [0.25, 0.3) is 0 Å². The first-order chi connectivity index (χ1) is 26.5. The lowest BCUT2D eigenvalue weighted by molar-refractivity contribution is 0.633. The Balaban J connectivity index is 1.22. The summed E-state index contributed by atoms with van der Waals surface area (Å²) in [5.41, 5.74) is 19.2. The first-order valence-corrected chi connectivity index (χ1v) is 19.0. The average molecular weight is 691 g/mol. The minimum Gasteiger partial charge on any atom is -0.454 e. The van der Waals surface area contributed by atoms with Crippen molar-refractivity contribution in [3.63, 3.8) is 0 Å². The number of hydrogen-bond acceptors (Lipinski definition) is 3. The number of anilines is 5. The number of fused-ring (bicyclic) bond motifs is 10. The van der Waals surface area contributed by atoms with Crippen molar-refractivity contribution in [1.29, 1.82) is 0 Å². The van der Waals surface area contributed by atoms with Crippen LogP contribution in [0.4, 0.5) is 28.4 Å². The lowest BCUT2D eigenvalue weighted by Gasteiger charge is -2.50. The minimum absolute atomic E-state index is 0.0894. The fourth-order valence-electron chi connectivity index (χ4n) is 9.96. The smallest absolute Gasteiger partial charge is 0.333 e. The molecule has 3 nitrogen and oxygen atoms in total. The summed E-state index contributed by atoms with van der Waals surface area (Å²) in [5.74, 6) is 0. The van der Waals surface area contributed by atoms with E-state index in [1.54, 1.807) is 0 Å². The van der Waals surface area contributed by atoms with Gasteiger partial charge in [0.05, 0.1) is 11.4 Å². The van der Waals surface area contributed by atoms with Gasteiger partial charge in [-0.15, -0.1) is 0 Å². The van der Waals surface area contributed by atoms with E-state index in [2.05, 4.69) is 188 Å². The third-order valence-electron chi connectivity index (χ3n) is 12.4. The highest BCUT2D eigenvalue weighted by atomic mass is 16.3. The maximum Gasteiger partial charge on any atom is 0.333 e. The minimum atomic E-state index is -0.216. The van der Waals surface area contributed by atoms with Gasteiger partial charge in [-0.3, -0.25) is 0 Å². The summed E-state index contributed by atoms with van der Waals surface area (Å²) in [7, 11) is 0. The highest BCUT2D eigenvalue weighted by Gasteiger charge is 2.50. The van der Waals surface area contributed by atoms with Crippen molar-refractivity contribution in [2.45, 2.75) is 26.2 Å². The molecule has 0 unspecified atom stereocenters. The molecule has 254 valence electrons. The van der Waals surface area contributed by atoms with Gasteiger partial charge in [0.15, 0.2) is 5.58 Å². The van der Waals surface area contributed by atoms with Gasteiger partial charge in [-0.25, -0.2) is 0 Å². The van der Waals surface area contributed by atoms with Crippen molar-refractivity contribution in [3.8, 4) is 22.3 Å². The SMILES string of the molecule is Cc1cc2c3c(c1)N1c4cc5ccccc5cc4C(C)(C)c4cccc(c41)B3N(c1cccc3c1oc1ccccc13)c1ccc(-c3ccccc3)cc1-2. The Hall–Kier alpha value is -6.52. The van der Waals surface area contributed by atoms with E-state index in [1.165, 1.54) is 83.4 Å². The molecule has 0 radical (unpaired) electrons. The molecule has 54 heavy (non-hydrogen) atoms. The van der Waals surface area contributed by atoms with Crippen LogP contribution >= 0.6 is 0 Å². The predicted molar refractivity (Wildman–Crippen MR) is 227 cm³/mol. The molecule has 1 aromatic heterocycles. The zero-order chi connectivity index (χ0) is 35.9. The lowest BCUT2D eigenvalue weighted by atomic mass is 9.42. The summed E-state index contributed by atoms with van der Waals surface area (Å²) in [4.78, 5) is 5.19. The molecule has 9 aromatic rings. The average Bonchev–Trinajstić information content (AvgIpc) is 3.59. The van der Waals surface area contributed by atoms with Gasteiger partial charge in [0, 0.05) is 38.8 Å². The van der Waals surface area contributed by atoms with Crippen LogP contribution in [0.15, 0.2) is 162 Å². The number of aryl methyl sites for hydroxylation is 1. The predicted octanol–water partition coefficient (Wildman–Crippen LogP) is 12.1. The molecular weight excluding hydrogens is 655 g/mol. The molecule has 4 heteroatoms. The van der Waals surface area contributed by atoms with E-state index in [0.29, 0.717) is 0 Å². The van der Waals surface area contributed by atoms with E-state index in [9.17, 15) is 0 Å². The molecule has 12 rings (SSSR count). The van der Waals surface area contributed by atoms with Gasteiger partial charge in [-0.05, 0) is 104 Å². The van der Waals surface area contributed by atoms with E-state index in [0.717, 1.165) is 27.6 Å². The Bertz CT molecular complexity index is 3070. The fourth-order valence-corrected chi connectivity index (χ4v) is 9.96. The molecule has 0 N–H and O–H groups in total. The molecule has 3 aliphatic heterocycles. The summed E-state index contributed by atoms with van der Waals surface area (Å²) in [5, 5.41) is 4.81. The normalized spacial score (nSPS) is 14.6. The van der Waals surface area contributed by atoms with E-state index in [4.69, 9.17) is 4.42 Å². The van der Waals surface area contributed by atoms with E-state index < -0.39 is 0 Å². The van der Waals surface area contributed by atoms with Crippen LogP contribution in [0.3, 0.4) is 0 Å². The monoisotopic (exact) mass is 690 g/mol. The zero-order valence-corrected chi connectivity index (χ0v) is 30.4. The van der Waals surface area contributed by atoms with Crippen LogP contribution in [0.25, 0.3) is 55.0 Å². The maximum absolute atomic E-state index is 6.83. The fraction of sp³-hybridized carbons (Fsp3) is 0.0800. The van der Waals surface area contributed by atoms with Crippen LogP contribution in [0.1, 0.15) is 30.5 Å². The summed E-state index contributed by atoms with van der Waals surface area (Å²) >= 11 is 0. The topological polar surface area (TPSA) is 19.6 Å². The molecule has 0 amide bonds. The van der Waals surface area contributed by atoms with Crippen LogP contribution in [-0.4, -0.2) is 6.85 Å². The Kier molecular flexibility index (Phi) is 5.86. The van der Waals surface area contributed by atoms with Crippen molar-refractivity contribution in [2.24, 2.45) is 0 Å². The van der Waals surface area contributed by atoms with Crippen molar-refractivity contribution in [3.05, 3.63) is 174 Å². The van der Waals surface area contributed by atoms with Crippen LogP contribution in [0.2, 0.25) is 0 Å². The number of para-hydroxylation sites is 3. The van der Waals surface area contributed by atoms with Crippen LogP contribution in [-0.2, 0) is 5.41 Å². The molecule has 0 aliphatic carbocycles. The Labute approximate surface area is 314 Å². The standard InChI is InChI=1S/C50H35BN2O/c1-30-25-38-37-27-34(31-13-5-4-6-14-31)23-24-42(37)53(43-21-11-18-36-35-17-9-10-22-46(35)54-49(36)43)51-41-20-12-19-39-48(41)52(45(26-30)47(38)51)44-29-33-16-8-7-15-32(33)28-40(44)50(39,2)3/h4-29H,1-3H3. The number of rotatable bonds is 2. The Morgan fingerprint density at radius 1 is 0.537 bits per heavy atom. The number of hydrogen-bond donors (Lipinski definition) is 0. The summed E-state index contributed by atoms with van der Waals surface area (Å²) < 4.78 is 6.83. The largest absolute Gasteiger partial charge is 0.454 e. The molecule has 0 saturated carbocycles. The lowest BCUT2D eigenvalue weighted by Crippen LogP contribution is -2.62. The third-order valence-corrected chi connectivity index (χ3v) is 12.4. The van der Waals surface area contributed by atoms with Crippen LogP contribution < -0.4 is 20.6 Å². The molecular formula is C50H35BN2O. The van der Waals surface area contributed by atoms with E-state index in [-0.39, 0.29) is 12.3 Å². The second-order valence-corrected chi connectivity index (χ2v) is 15.8. The summed E-state index contributed by atoms with van der Waals surface area (Å²) in [6.45, 7) is 6.97. The zero-order valence-electron chi connectivity index (χ0n) is 30.4. The molecule has 0 atom stereocenters. The van der Waals surface area contributed by atoms with Gasteiger partial charge < -0.3 is 14.1 Å². The third kappa shape index (κ3) is 3.87. The first kappa shape index (κ1) is 30.0. The van der Waals surface area contributed by atoms with Gasteiger partial charge in [0.2, 0.25) is 0 Å². The summed E-state index contributed by atoms with van der Waals surface area (Å²) in [6, 6.07) is 58.4. The molecule has 3 aliphatic rings. The van der Waals surface area contributed by atoms with E-state index >= 15 is 0 Å². The number of furan rings is 1. The quantitative estimate of drug-likeness (QED) is 0.168. The Morgan fingerprint density at radius 2 is 1.30 bits per heavy atom. The van der Waals surface area contributed by atoms with Crippen molar-refractivity contribution in [1.82, 2.24) is 0 Å². The van der Waals surface area contributed by atoms with Gasteiger partial charge in [-0.1, -0.05) is 129 Å². The Morgan fingerprint density at radius 3 is 2.17 bits per heavy atom. The second-order valence-electron chi connectivity index (χ2n) is 15.8. The van der Waals surface area contributed by atoms with Crippen molar-refractivity contribution < 1.29 is 4.42 Å². The number of nitrogens with zero attached hydrogens (tertiary/aromatic N) is 2. The summed E-state index contributed by atoms with van der Waals surface area (Å²) in [6.07, 6.45) is 0. The van der Waals surface area contributed by atoms with E-state index in [1.807, 2.05) is 0 Å². The molecule has 0 fully saturated rings. The van der Waals surface area contributed by atoms with Crippen molar-refractivity contribution >= 4 is 78.9 Å². The van der Waals surface area contributed by atoms with Crippen LogP contribution in [0, 0.1) is 6.92 Å². The van der Waals surface area contributed by atoms with Crippen LogP contribution in [0.5, 0.6) is 0 Å². The van der Waals surface area contributed by atoms with Gasteiger partial charge >= 0.3 is 6.85 Å². The highest BCUT2D eigenvalue weighted by molar-refractivity contribution is 6.93. The number of benzene rings is 8. The van der Waals surface area contributed by atoms with Crippen molar-refractivity contribution in [2.75, 3.05) is 9.71 Å².